The number of rotatable bonds is 4. The van der Waals surface area contributed by atoms with Crippen LogP contribution in [0.4, 0.5) is 0 Å². The lowest BCUT2D eigenvalue weighted by Gasteiger charge is -2.11. The highest BCUT2D eigenvalue weighted by molar-refractivity contribution is 5.78. The van der Waals surface area contributed by atoms with Crippen LogP contribution in [0.25, 0.3) is 0 Å². The van der Waals surface area contributed by atoms with Crippen LogP contribution in [-0.4, -0.2) is 16.7 Å². The lowest BCUT2D eigenvalue weighted by atomic mass is 9.97. The summed E-state index contributed by atoms with van der Waals surface area (Å²) >= 11 is 0. The Labute approximate surface area is 65.7 Å². The SMILES string of the molecule is CCC(C(C)C(C)=O)[N+](=O)[O-]. The van der Waals surface area contributed by atoms with Crippen molar-refractivity contribution in [1.29, 1.82) is 0 Å². The van der Waals surface area contributed by atoms with Crippen LogP contribution < -0.4 is 0 Å². The summed E-state index contributed by atoms with van der Waals surface area (Å²) in [6.07, 6.45) is 0.410. The van der Waals surface area contributed by atoms with Crippen LogP contribution in [0.5, 0.6) is 0 Å². The van der Waals surface area contributed by atoms with E-state index in [0.29, 0.717) is 6.42 Å². The number of carbonyl (C=O) groups is 1. The van der Waals surface area contributed by atoms with Crippen LogP contribution >= 0.6 is 0 Å². The molecule has 0 N–H and O–H groups in total. The summed E-state index contributed by atoms with van der Waals surface area (Å²) in [4.78, 5) is 20.7. The van der Waals surface area contributed by atoms with Gasteiger partial charge in [-0.1, -0.05) is 6.92 Å². The molecule has 0 aliphatic rings. The Balaban J connectivity index is 4.25. The molecule has 0 bridgehead atoms. The number of hydrogen-bond acceptors (Lipinski definition) is 3. The van der Waals surface area contributed by atoms with E-state index < -0.39 is 12.0 Å². The van der Waals surface area contributed by atoms with Crippen molar-refractivity contribution in [1.82, 2.24) is 0 Å². The summed E-state index contributed by atoms with van der Waals surface area (Å²) in [5.41, 5.74) is 0. The van der Waals surface area contributed by atoms with Gasteiger partial charge in [0, 0.05) is 11.3 Å². The molecule has 0 aromatic rings. The van der Waals surface area contributed by atoms with Crippen molar-refractivity contribution in [2.45, 2.75) is 33.2 Å². The van der Waals surface area contributed by atoms with Crippen molar-refractivity contribution < 1.29 is 9.72 Å². The fourth-order valence-corrected chi connectivity index (χ4v) is 0.956. The summed E-state index contributed by atoms with van der Waals surface area (Å²) < 4.78 is 0. The molecule has 0 spiro atoms. The first kappa shape index (κ1) is 10.1. The third-order valence-corrected chi connectivity index (χ3v) is 1.91. The summed E-state index contributed by atoms with van der Waals surface area (Å²) in [6.45, 7) is 4.70. The van der Waals surface area contributed by atoms with E-state index in [1.54, 1.807) is 13.8 Å². The standard InChI is InChI=1S/C7H13NO3/c1-4-7(8(10)11)5(2)6(3)9/h5,7H,4H2,1-3H3. The first-order chi connectivity index (χ1) is 5.00. The maximum Gasteiger partial charge on any atom is 0.222 e. The van der Waals surface area contributed by atoms with Gasteiger partial charge in [-0.3, -0.25) is 14.9 Å². The van der Waals surface area contributed by atoms with Gasteiger partial charge in [0.1, 0.15) is 5.78 Å². The predicted molar refractivity (Wildman–Crippen MR) is 40.9 cm³/mol. The maximum atomic E-state index is 10.7. The van der Waals surface area contributed by atoms with Gasteiger partial charge < -0.3 is 0 Å². The molecule has 4 nitrogen and oxygen atoms in total. The molecule has 0 radical (unpaired) electrons. The molecule has 0 saturated heterocycles. The zero-order chi connectivity index (χ0) is 9.02. The monoisotopic (exact) mass is 159 g/mol. The van der Waals surface area contributed by atoms with Gasteiger partial charge in [-0.15, -0.1) is 0 Å². The minimum atomic E-state index is -0.715. The van der Waals surface area contributed by atoms with Crippen LogP contribution in [0.1, 0.15) is 27.2 Å². The minimum Gasteiger partial charge on any atom is -0.299 e. The van der Waals surface area contributed by atoms with Gasteiger partial charge in [0.25, 0.3) is 0 Å². The average molecular weight is 159 g/mol. The van der Waals surface area contributed by atoms with Crippen LogP contribution in [0.3, 0.4) is 0 Å². The van der Waals surface area contributed by atoms with Gasteiger partial charge in [0.2, 0.25) is 6.04 Å². The highest BCUT2D eigenvalue weighted by Crippen LogP contribution is 2.10. The number of nitrogens with zero attached hydrogens (tertiary/aromatic N) is 1. The first-order valence-electron chi connectivity index (χ1n) is 3.64. The Bertz CT molecular complexity index is 167. The number of nitro groups is 1. The number of carbonyl (C=O) groups excluding carboxylic acids is 1. The van der Waals surface area contributed by atoms with E-state index in [1.165, 1.54) is 6.92 Å². The molecule has 0 aromatic carbocycles. The summed E-state index contributed by atoms with van der Waals surface area (Å²) in [5, 5.41) is 10.3. The molecule has 0 saturated carbocycles. The number of Topliss-reactive ketones (excluding diaryl/α,β-unsaturated/α-hetero) is 1. The van der Waals surface area contributed by atoms with Crippen molar-refractivity contribution >= 4 is 5.78 Å². The van der Waals surface area contributed by atoms with Crippen molar-refractivity contribution in [3.05, 3.63) is 10.1 Å². The molecule has 0 amide bonds. The van der Waals surface area contributed by atoms with E-state index in [4.69, 9.17) is 0 Å². The second-order valence-electron chi connectivity index (χ2n) is 2.66. The van der Waals surface area contributed by atoms with E-state index in [0.717, 1.165) is 0 Å². The van der Waals surface area contributed by atoms with Crippen LogP contribution in [0.15, 0.2) is 0 Å². The van der Waals surface area contributed by atoms with Crippen LogP contribution in [-0.2, 0) is 4.79 Å². The Morgan fingerprint density at radius 1 is 1.64 bits per heavy atom. The fourth-order valence-electron chi connectivity index (χ4n) is 0.956. The molecule has 0 rings (SSSR count). The Hall–Kier alpha value is -0.930. The first-order valence-corrected chi connectivity index (χ1v) is 3.64. The molecule has 11 heavy (non-hydrogen) atoms. The summed E-state index contributed by atoms with van der Waals surface area (Å²) in [7, 11) is 0. The van der Waals surface area contributed by atoms with Crippen LogP contribution in [0.2, 0.25) is 0 Å². The van der Waals surface area contributed by atoms with E-state index in [1.807, 2.05) is 0 Å². The van der Waals surface area contributed by atoms with Gasteiger partial charge >= 0.3 is 0 Å². The topological polar surface area (TPSA) is 60.2 Å². The Morgan fingerprint density at radius 2 is 2.09 bits per heavy atom. The van der Waals surface area contributed by atoms with Gasteiger partial charge in [-0.2, -0.15) is 0 Å². The maximum absolute atomic E-state index is 10.7. The fraction of sp³-hybridized carbons (Fsp3) is 0.857. The zero-order valence-corrected chi connectivity index (χ0v) is 7.03. The van der Waals surface area contributed by atoms with Gasteiger partial charge in [-0.25, -0.2) is 0 Å². The molecule has 0 aliphatic heterocycles. The largest absolute Gasteiger partial charge is 0.299 e. The third-order valence-electron chi connectivity index (χ3n) is 1.91. The molecule has 0 aromatic heterocycles. The third kappa shape index (κ3) is 2.65. The number of hydrogen-bond donors (Lipinski definition) is 0. The highest BCUT2D eigenvalue weighted by atomic mass is 16.6. The summed E-state index contributed by atoms with van der Waals surface area (Å²) in [6, 6.07) is -0.715. The molecular weight excluding hydrogens is 146 g/mol. The quantitative estimate of drug-likeness (QED) is 0.458. The second kappa shape index (κ2) is 4.05. The van der Waals surface area contributed by atoms with Gasteiger partial charge in [-0.05, 0) is 13.8 Å². The summed E-state index contributed by atoms with van der Waals surface area (Å²) in [5.74, 6) is -0.580. The normalized spacial score (nSPS) is 15.5. The van der Waals surface area contributed by atoms with Gasteiger partial charge in [0.15, 0.2) is 0 Å². The predicted octanol–water partition coefficient (Wildman–Crippen LogP) is 1.27. The second-order valence-corrected chi connectivity index (χ2v) is 2.66. The molecule has 0 aliphatic carbocycles. The Kier molecular flexibility index (Phi) is 3.71. The smallest absolute Gasteiger partial charge is 0.222 e. The van der Waals surface area contributed by atoms with E-state index >= 15 is 0 Å². The number of ketones is 1. The molecular formula is C7H13NO3. The molecule has 2 atom stereocenters. The van der Waals surface area contributed by atoms with Crippen LogP contribution in [0, 0.1) is 16.0 Å². The average Bonchev–Trinajstić information content (AvgIpc) is 1.88. The van der Waals surface area contributed by atoms with E-state index in [9.17, 15) is 14.9 Å². The van der Waals surface area contributed by atoms with Crippen molar-refractivity contribution in [2.24, 2.45) is 5.92 Å². The molecule has 64 valence electrons. The molecule has 4 heteroatoms. The zero-order valence-electron chi connectivity index (χ0n) is 7.03. The molecule has 2 unspecified atom stereocenters. The lowest BCUT2D eigenvalue weighted by molar-refractivity contribution is -0.528. The minimum absolute atomic E-state index is 0.117. The lowest BCUT2D eigenvalue weighted by Crippen LogP contribution is -2.30. The Morgan fingerprint density at radius 3 is 2.18 bits per heavy atom. The van der Waals surface area contributed by atoms with E-state index in [-0.39, 0.29) is 10.7 Å². The molecule has 0 fully saturated rings. The van der Waals surface area contributed by atoms with Crippen molar-refractivity contribution in [3.63, 3.8) is 0 Å². The van der Waals surface area contributed by atoms with Crippen molar-refractivity contribution in [3.8, 4) is 0 Å². The van der Waals surface area contributed by atoms with E-state index in [2.05, 4.69) is 0 Å². The van der Waals surface area contributed by atoms with Gasteiger partial charge in [0.05, 0.1) is 5.92 Å². The highest BCUT2D eigenvalue weighted by Gasteiger charge is 2.28. The van der Waals surface area contributed by atoms with Crippen molar-refractivity contribution in [2.75, 3.05) is 0 Å². The molecule has 0 heterocycles.